The van der Waals surface area contributed by atoms with E-state index in [0.717, 1.165) is 0 Å². The first-order valence-electron chi connectivity index (χ1n) is 4.96. The Hall–Kier alpha value is -1.58. The van der Waals surface area contributed by atoms with Crippen molar-refractivity contribution in [2.24, 2.45) is 5.92 Å². The van der Waals surface area contributed by atoms with Crippen molar-refractivity contribution in [3.63, 3.8) is 0 Å². The SMILES string of the molecule is CC(C)C(C)Nc1ccncc1C(=O)O. The summed E-state index contributed by atoms with van der Waals surface area (Å²) >= 11 is 0. The normalized spacial score (nSPS) is 12.5. The van der Waals surface area contributed by atoms with Gasteiger partial charge in [-0.3, -0.25) is 4.98 Å². The second-order valence-electron chi connectivity index (χ2n) is 3.90. The fraction of sp³-hybridized carbons (Fsp3) is 0.455. The fourth-order valence-electron chi connectivity index (χ4n) is 1.10. The molecule has 0 aliphatic heterocycles. The smallest absolute Gasteiger partial charge is 0.339 e. The van der Waals surface area contributed by atoms with Gasteiger partial charge in [-0.1, -0.05) is 13.8 Å². The summed E-state index contributed by atoms with van der Waals surface area (Å²) in [7, 11) is 0. The van der Waals surface area contributed by atoms with Crippen LogP contribution in [0.5, 0.6) is 0 Å². The molecule has 1 atom stereocenters. The van der Waals surface area contributed by atoms with Crippen LogP contribution in [0.2, 0.25) is 0 Å². The highest BCUT2D eigenvalue weighted by Gasteiger charge is 2.13. The number of carboxylic acid groups (broad SMARTS) is 1. The number of anilines is 1. The number of hydrogen-bond donors (Lipinski definition) is 2. The van der Waals surface area contributed by atoms with E-state index in [1.807, 2.05) is 6.92 Å². The van der Waals surface area contributed by atoms with Gasteiger partial charge in [0.05, 0.1) is 5.69 Å². The lowest BCUT2D eigenvalue weighted by molar-refractivity contribution is 0.0697. The van der Waals surface area contributed by atoms with E-state index < -0.39 is 5.97 Å². The van der Waals surface area contributed by atoms with Gasteiger partial charge >= 0.3 is 5.97 Å². The lowest BCUT2D eigenvalue weighted by atomic mass is 10.1. The number of nitrogens with one attached hydrogen (secondary N) is 1. The average Bonchev–Trinajstić information content (AvgIpc) is 2.18. The molecule has 0 aliphatic carbocycles. The highest BCUT2D eigenvalue weighted by Crippen LogP contribution is 2.16. The maximum Gasteiger partial charge on any atom is 0.339 e. The summed E-state index contributed by atoms with van der Waals surface area (Å²) < 4.78 is 0. The minimum absolute atomic E-state index is 0.213. The predicted octanol–water partition coefficient (Wildman–Crippen LogP) is 2.24. The lowest BCUT2D eigenvalue weighted by Gasteiger charge is -2.19. The number of carbonyl (C=O) groups is 1. The van der Waals surface area contributed by atoms with Crippen LogP contribution in [-0.2, 0) is 0 Å². The van der Waals surface area contributed by atoms with Gasteiger partial charge in [0.2, 0.25) is 0 Å². The molecular weight excluding hydrogens is 192 g/mol. The first-order valence-corrected chi connectivity index (χ1v) is 4.96. The van der Waals surface area contributed by atoms with Crippen LogP contribution in [0.3, 0.4) is 0 Å². The van der Waals surface area contributed by atoms with Crippen molar-refractivity contribution in [1.29, 1.82) is 0 Å². The summed E-state index contributed by atoms with van der Waals surface area (Å²) in [6, 6.07) is 1.91. The van der Waals surface area contributed by atoms with E-state index in [9.17, 15) is 4.79 Å². The largest absolute Gasteiger partial charge is 0.478 e. The summed E-state index contributed by atoms with van der Waals surface area (Å²) in [5.74, 6) is -0.513. The molecule has 4 nitrogen and oxygen atoms in total. The van der Waals surface area contributed by atoms with E-state index in [1.165, 1.54) is 6.20 Å². The molecule has 1 aromatic heterocycles. The van der Waals surface area contributed by atoms with Gasteiger partial charge in [-0.15, -0.1) is 0 Å². The van der Waals surface area contributed by atoms with Crippen molar-refractivity contribution >= 4 is 11.7 Å². The van der Waals surface area contributed by atoms with Crippen LogP contribution in [0.1, 0.15) is 31.1 Å². The van der Waals surface area contributed by atoms with Gasteiger partial charge < -0.3 is 10.4 Å². The first-order chi connectivity index (χ1) is 7.02. The Balaban J connectivity index is 2.89. The topological polar surface area (TPSA) is 62.2 Å². The van der Waals surface area contributed by atoms with Gasteiger partial charge in [-0.05, 0) is 18.9 Å². The van der Waals surface area contributed by atoms with E-state index in [2.05, 4.69) is 24.1 Å². The molecule has 0 fully saturated rings. The van der Waals surface area contributed by atoms with E-state index in [-0.39, 0.29) is 11.6 Å². The molecule has 1 heterocycles. The molecule has 15 heavy (non-hydrogen) atoms. The fourth-order valence-corrected chi connectivity index (χ4v) is 1.10. The summed E-state index contributed by atoms with van der Waals surface area (Å²) in [5.41, 5.74) is 0.837. The number of pyridine rings is 1. The van der Waals surface area contributed by atoms with Gasteiger partial charge in [0.15, 0.2) is 0 Å². The van der Waals surface area contributed by atoms with Gasteiger partial charge in [-0.25, -0.2) is 4.79 Å². The van der Waals surface area contributed by atoms with Crippen molar-refractivity contribution in [3.05, 3.63) is 24.0 Å². The third kappa shape index (κ3) is 2.94. The zero-order valence-electron chi connectivity index (χ0n) is 9.19. The minimum atomic E-state index is -0.957. The number of rotatable bonds is 4. The quantitative estimate of drug-likeness (QED) is 0.796. The Kier molecular flexibility index (Phi) is 3.66. The van der Waals surface area contributed by atoms with Gasteiger partial charge in [0.25, 0.3) is 0 Å². The zero-order chi connectivity index (χ0) is 11.4. The molecule has 1 rings (SSSR count). The molecule has 4 heteroatoms. The van der Waals surface area contributed by atoms with Crippen molar-refractivity contribution in [2.75, 3.05) is 5.32 Å². The molecule has 0 radical (unpaired) electrons. The van der Waals surface area contributed by atoms with E-state index in [4.69, 9.17) is 5.11 Å². The maximum atomic E-state index is 10.9. The van der Waals surface area contributed by atoms with Crippen LogP contribution in [0.15, 0.2) is 18.5 Å². The molecule has 82 valence electrons. The minimum Gasteiger partial charge on any atom is -0.478 e. The van der Waals surface area contributed by atoms with Crippen molar-refractivity contribution < 1.29 is 9.90 Å². The Labute approximate surface area is 89.3 Å². The molecule has 0 amide bonds. The Morgan fingerprint density at radius 2 is 2.13 bits per heavy atom. The lowest BCUT2D eigenvalue weighted by Crippen LogP contribution is -2.22. The number of carboxylic acids is 1. The van der Waals surface area contributed by atoms with Gasteiger partial charge in [0, 0.05) is 18.4 Å². The summed E-state index contributed by atoms with van der Waals surface area (Å²) in [4.78, 5) is 14.7. The number of hydrogen-bond acceptors (Lipinski definition) is 3. The third-order valence-electron chi connectivity index (χ3n) is 2.43. The van der Waals surface area contributed by atoms with Crippen LogP contribution >= 0.6 is 0 Å². The van der Waals surface area contributed by atoms with Crippen molar-refractivity contribution in [2.45, 2.75) is 26.8 Å². The zero-order valence-corrected chi connectivity index (χ0v) is 9.19. The number of aromatic nitrogens is 1. The van der Waals surface area contributed by atoms with Gasteiger partial charge in [-0.2, -0.15) is 0 Å². The summed E-state index contributed by atoms with van der Waals surface area (Å²) in [5, 5.41) is 12.1. The van der Waals surface area contributed by atoms with Crippen LogP contribution in [-0.4, -0.2) is 22.1 Å². The predicted molar refractivity (Wildman–Crippen MR) is 59.1 cm³/mol. The molecular formula is C11H16N2O2. The Morgan fingerprint density at radius 3 is 2.67 bits per heavy atom. The van der Waals surface area contributed by atoms with Crippen LogP contribution in [0.4, 0.5) is 5.69 Å². The number of nitrogens with zero attached hydrogens (tertiary/aromatic N) is 1. The molecule has 0 bridgehead atoms. The highest BCUT2D eigenvalue weighted by molar-refractivity contribution is 5.93. The van der Waals surface area contributed by atoms with Crippen molar-refractivity contribution in [1.82, 2.24) is 4.98 Å². The third-order valence-corrected chi connectivity index (χ3v) is 2.43. The van der Waals surface area contributed by atoms with E-state index >= 15 is 0 Å². The second kappa shape index (κ2) is 4.77. The second-order valence-corrected chi connectivity index (χ2v) is 3.90. The molecule has 0 aliphatic rings. The molecule has 0 spiro atoms. The molecule has 0 saturated heterocycles. The molecule has 1 unspecified atom stereocenters. The van der Waals surface area contributed by atoms with Crippen LogP contribution in [0.25, 0.3) is 0 Å². The molecule has 2 N–H and O–H groups in total. The van der Waals surface area contributed by atoms with Crippen LogP contribution < -0.4 is 5.32 Å². The van der Waals surface area contributed by atoms with Crippen molar-refractivity contribution in [3.8, 4) is 0 Å². The average molecular weight is 208 g/mol. The maximum absolute atomic E-state index is 10.9. The highest BCUT2D eigenvalue weighted by atomic mass is 16.4. The van der Waals surface area contributed by atoms with Gasteiger partial charge in [0.1, 0.15) is 5.56 Å². The molecule has 0 aromatic carbocycles. The number of aromatic carboxylic acids is 1. The van der Waals surface area contributed by atoms with Crippen LogP contribution in [0, 0.1) is 5.92 Å². The first kappa shape index (κ1) is 11.5. The van der Waals surface area contributed by atoms with E-state index in [0.29, 0.717) is 11.6 Å². The summed E-state index contributed by atoms with van der Waals surface area (Å²) in [6.45, 7) is 6.19. The monoisotopic (exact) mass is 208 g/mol. The Bertz CT molecular complexity index is 350. The summed E-state index contributed by atoms with van der Waals surface area (Å²) in [6.07, 6.45) is 2.94. The molecule has 1 aromatic rings. The van der Waals surface area contributed by atoms with E-state index in [1.54, 1.807) is 12.3 Å². The standard InChI is InChI=1S/C11H16N2O2/c1-7(2)8(3)13-10-4-5-12-6-9(10)11(14)15/h4-8H,1-3H3,(H,12,13)(H,14,15). The molecule has 0 saturated carbocycles. The Morgan fingerprint density at radius 1 is 1.47 bits per heavy atom.